The number of hydrogen-bond donors (Lipinski definition) is 3. The van der Waals surface area contributed by atoms with Crippen molar-refractivity contribution in [1.82, 2.24) is 15.5 Å². The molecule has 1 heterocycles. The van der Waals surface area contributed by atoms with Crippen molar-refractivity contribution in [3.63, 3.8) is 0 Å². The van der Waals surface area contributed by atoms with E-state index in [0.29, 0.717) is 0 Å². The van der Waals surface area contributed by atoms with Crippen LogP contribution in [0.1, 0.15) is 29.8 Å². The summed E-state index contributed by atoms with van der Waals surface area (Å²) >= 11 is 0. The molecule has 2 rings (SSSR count). The number of carbonyl (C=O) groups is 2. The van der Waals surface area contributed by atoms with Crippen LogP contribution >= 0.6 is 0 Å². The van der Waals surface area contributed by atoms with Gasteiger partial charge in [0.25, 0.3) is 0 Å². The summed E-state index contributed by atoms with van der Waals surface area (Å²) in [5, 5.41) is 18.4. The van der Waals surface area contributed by atoms with Crippen LogP contribution in [-0.2, 0) is 16.0 Å². The maximum atomic E-state index is 11.8. The van der Waals surface area contributed by atoms with E-state index in [0.717, 1.165) is 29.8 Å². The summed E-state index contributed by atoms with van der Waals surface area (Å²) in [6.45, 7) is 3.67. The Morgan fingerprint density at radius 1 is 1.50 bits per heavy atom. The number of aliphatic carboxylic acids is 1. The summed E-state index contributed by atoms with van der Waals surface area (Å²) in [4.78, 5) is 22.9. The fourth-order valence-electron chi connectivity index (χ4n) is 2.03. The van der Waals surface area contributed by atoms with E-state index in [1.807, 2.05) is 13.8 Å². The number of rotatable bonds is 5. The van der Waals surface area contributed by atoms with Crippen LogP contribution in [-0.4, -0.2) is 33.2 Å². The van der Waals surface area contributed by atoms with Crippen LogP contribution in [0.5, 0.6) is 0 Å². The Kier molecular flexibility index (Phi) is 3.36. The summed E-state index contributed by atoms with van der Waals surface area (Å²) in [5.74, 6) is -1.12. The predicted molar refractivity (Wildman–Crippen MR) is 64.1 cm³/mol. The van der Waals surface area contributed by atoms with Crippen molar-refractivity contribution in [3.05, 3.63) is 17.0 Å². The van der Waals surface area contributed by atoms with Crippen molar-refractivity contribution in [2.75, 3.05) is 0 Å². The molecular weight excluding hydrogens is 234 g/mol. The molecule has 0 spiro atoms. The number of carboxylic acids is 1. The number of aromatic amines is 1. The minimum absolute atomic E-state index is 0.0954. The molecule has 3 N–H and O–H groups in total. The number of amides is 1. The van der Waals surface area contributed by atoms with Gasteiger partial charge < -0.3 is 10.4 Å². The van der Waals surface area contributed by atoms with Crippen molar-refractivity contribution in [2.45, 2.75) is 39.2 Å². The number of aromatic nitrogens is 2. The van der Waals surface area contributed by atoms with E-state index >= 15 is 0 Å². The van der Waals surface area contributed by atoms with E-state index < -0.39 is 12.0 Å². The Hall–Kier alpha value is -1.85. The van der Waals surface area contributed by atoms with Gasteiger partial charge in [-0.2, -0.15) is 5.10 Å². The molecule has 1 aromatic rings. The molecule has 0 aromatic carbocycles. The molecule has 1 atom stereocenters. The third kappa shape index (κ3) is 2.69. The highest BCUT2D eigenvalue weighted by Gasteiger charge is 2.37. The molecule has 1 aliphatic carbocycles. The molecule has 1 aromatic heterocycles. The van der Waals surface area contributed by atoms with Crippen molar-refractivity contribution in [3.8, 4) is 0 Å². The lowest BCUT2D eigenvalue weighted by Gasteiger charge is -2.13. The van der Waals surface area contributed by atoms with Gasteiger partial charge in [-0.15, -0.1) is 0 Å². The second-order valence-electron chi connectivity index (χ2n) is 4.81. The van der Waals surface area contributed by atoms with Crippen molar-refractivity contribution < 1.29 is 14.7 Å². The van der Waals surface area contributed by atoms with Crippen molar-refractivity contribution >= 4 is 11.9 Å². The standard InChI is InChI=1S/C12H17N3O3/c1-6-9(7(2)15-14-6)5-10(16)13-11(12(17)18)8-3-4-8/h8,11H,3-5H2,1-2H3,(H,13,16)(H,14,15)(H,17,18). The molecular formula is C12H17N3O3. The van der Waals surface area contributed by atoms with E-state index in [1.54, 1.807) is 0 Å². The maximum Gasteiger partial charge on any atom is 0.326 e. The summed E-state index contributed by atoms with van der Waals surface area (Å²) in [6, 6.07) is -0.745. The van der Waals surface area contributed by atoms with E-state index in [-0.39, 0.29) is 18.2 Å². The number of H-pyrrole nitrogens is 1. The van der Waals surface area contributed by atoms with Gasteiger partial charge in [0.05, 0.1) is 12.1 Å². The van der Waals surface area contributed by atoms with E-state index in [2.05, 4.69) is 15.5 Å². The van der Waals surface area contributed by atoms with Crippen LogP contribution < -0.4 is 5.32 Å². The van der Waals surface area contributed by atoms with Gasteiger partial charge in [0.2, 0.25) is 5.91 Å². The maximum absolute atomic E-state index is 11.8. The molecule has 0 aliphatic heterocycles. The van der Waals surface area contributed by atoms with E-state index in [4.69, 9.17) is 5.11 Å². The normalized spacial score (nSPS) is 16.3. The topological polar surface area (TPSA) is 95.1 Å². The van der Waals surface area contributed by atoms with Gasteiger partial charge in [-0.1, -0.05) is 0 Å². The molecule has 0 radical (unpaired) electrons. The molecule has 0 saturated heterocycles. The number of carboxylic acid groups (broad SMARTS) is 1. The smallest absolute Gasteiger partial charge is 0.326 e. The largest absolute Gasteiger partial charge is 0.480 e. The fourth-order valence-corrected chi connectivity index (χ4v) is 2.03. The van der Waals surface area contributed by atoms with Crippen LogP contribution in [0, 0.1) is 19.8 Å². The molecule has 1 unspecified atom stereocenters. The molecule has 0 bridgehead atoms. The Labute approximate surface area is 105 Å². The third-order valence-electron chi connectivity index (χ3n) is 3.29. The fraction of sp³-hybridized carbons (Fsp3) is 0.583. The summed E-state index contributed by atoms with van der Waals surface area (Å²) in [7, 11) is 0. The zero-order valence-corrected chi connectivity index (χ0v) is 10.5. The highest BCUT2D eigenvalue weighted by molar-refractivity contribution is 5.85. The van der Waals surface area contributed by atoms with Crippen LogP contribution in [0.15, 0.2) is 0 Å². The van der Waals surface area contributed by atoms with Gasteiger partial charge >= 0.3 is 5.97 Å². The van der Waals surface area contributed by atoms with Gasteiger partial charge in [-0.05, 0) is 32.6 Å². The molecule has 1 aliphatic rings. The highest BCUT2D eigenvalue weighted by Crippen LogP contribution is 2.32. The number of hydrogen-bond acceptors (Lipinski definition) is 3. The van der Waals surface area contributed by atoms with Gasteiger partial charge in [0.15, 0.2) is 0 Å². The number of nitrogens with one attached hydrogen (secondary N) is 2. The van der Waals surface area contributed by atoms with Crippen molar-refractivity contribution in [2.24, 2.45) is 5.92 Å². The minimum atomic E-state index is -0.952. The Morgan fingerprint density at radius 2 is 2.17 bits per heavy atom. The lowest BCUT2D eigenvalue weighted by atomic mass is 10.1. The lowest BCUT2D eigenvalue weighted by molar-refractivity contribution is -0.142. The van der Waals surface area contributed by atoms with Crippen LogP contribution in [0.2, 0.25) is 0 Å². The monoisotopic (exact) mass is 251 g/mol. The Morgan fingerprint density at radius 3 is 2.61 bits per heavy atom. The Balaban J connectivity index is 1.98. The van der Waals surface area contributed by atoms with Gasteiger partial charge in [0.1, 0.15) is 6.04 Å². The van der Waals surface area contributed by atoms with Gasteiger partial charge in [-0.3, -0.25) is 9.89 Å². The zero-order valence-electron chi connectivity index (χ0n) is 10.5. The lowest BCUT2D eigenvalue weighted by Crippen LogP contribution is -2.43. The summed E-state index contributed by atoms with van der Waals surface area (Å²) in [5.41, 5.74) is 2.47. The number of carbonyl (C=O) groups excluding carboxylic acids is 1. The molecule has 6 nitrogen and oxygen atoms in total. The van der Waals surface area contributed by atoms with Crippen LogP contribution in [0.25, 0.3) is 0 Å². The number of aryl methyl sites for hydroxylation is 2. The third-order valence-corrected chi connectivity index (χ3v) is 3.29. The summed E-state index contributed by atoms with van der Waals surface area (Å²) in [6.07, 6.45) is 1.92. The first kappa shape index (κ1) is 12.6. The van der Waals surface area contributed by atoms with E-state index in [1.165, 1.54) is 0 Å². The van der Waals surface area contributed by atoms with Crippen molar-refractivity contribution in [1.29, 1.82) is 0 Å². The SMILES string of the molecule is Cc1n[nH]c(C)c1CC(=O)NC(C(=O)O)C1CC1. The van der Waals surface area contributed by atoms with Gasteiger partial charge in [0, 0.05) is 11.3 Å². The molecule has 6 heteroatoms. The number of nitrogens with zero attached hydrogens (tertiary/aromatic N) is 1. The second kappa shape index (κ2) is 4.80. The first-order valence-corrected chi connectivity index (χ1v) is 6.01. The zero-order chi connectivity index (χ0) is 13.3. The quantitative estimate of drug-likeness (QED) is 0.712. The second-order valence-corrected chi connectivity index (χ2v) is 4.81. The highest BCUT2D eigenvalue weighted by atomic mass is 16.4. The molecule has 1 fully saturated rings. The Bertz CT molecular complexity index is 457. The predicted octanol–water partition coefficient (Wildman–Crippen LogP) is 0.548. The van der Waals surface area contributed by atoms with Crippen LogP contribution in [0.4, 0.5) is 0 Å². The first-order chi connectivity index (χ1) is 8.49. The molecule has 18 heavy (non-hydrogen) atoms. The molecule has 1 saturated carbocycles. The first-order valence-electron chi connectivity index (χ1n) is 6.01. The van der Waals surface area contributed by atoms with E-state index in [9.17, 15) is 9.59 Å². The minimum Gasteiger partial charge on any atom is -0.480 e. The van der Waals surface area contributed by atoms with Crippen LogP contribution in [0.3, 0.4) is 0 Å². The summed E-state index contributed by atoms with van der Waals surface area (Å²) < 4.78 is 0. The average Bonchev–Trinajstić information content (AvgIpc) is 3.08. The average molecular weight is 251 g/mol. The molecule has 1 amide bonds. The molecule has 98 valence electrons. The van der Waals surface area contributed by atoms with Gasteiger partial charge in [-0.25, -0.2) is 4.79 Å².